The van der Waals surface area contributed by atoms with E-state index in [1.54, 1.807) is 14.2 Å². The first-order chi connectivity index (χ1) is 12.2. The van der Waals surface area contributed by atoms with Gasteiger partial charge in [0, 0.05) is 40.4 Å². The van der Waals surface area contributed by atoms with E-state index in [0.717, 1.165) is 51.3 Å². The number of methoxy groups -OCH3 is 1. The van der Waals surface area contributed by atoms with Gasteiger partial charge in [-0.2, -0.15) is 0 Å². The van der Waals surface area contributed by atoms with Gasteiger partial charge in [-0.1, -0.05) is 0 Å². The van der Waals surface area contributed by atoms with Crippen molar-refractivity contribution in [2.45, 2.75) is 37.9 Å². The number of piperidine rings is 1. The predicted octanol–water partition coefficient (Wildman–Crippen LogP) is -0.0156. The zero-order valence-corrected chi connectivity index (χ0v) is 15.5. The average Bonchev–Trinajstić information content (AvgIpc) is 3.15. The number of rotatable bonds is 8. The molecule has 2 fully saturated rings. The van der Waals surface area contributed by atoms with Crippen molar-refractivity contribution in [1.82, 2.24) is 15.5 Å². The molecule has 0 spiro atoms. The maximum absolute atomic E-state index is 11.7. The Morgan fingerprint density at radius 1 is 1.28 bits per heavy atom. The molecule has 1 amide bonds. The summed E-state index contributed by atoms with van der Waals surface area (Å²) in [6.07, 6.45) is 4.76. The van der Waals surface area contributed by atoms with Crippen molar-refractivity contribution < 1.29 is 19.0 Å². The Morgan fingerprint density at radius 2 is 2.08 bits per heavy atom. The molecule has 0 aliphatic carbocycles. The minimum Gasteiger partial charge on any atom is -0.383 e. The van der Waals surface area contributed by atoms with Crippen LogP contribution in [0, 0.1) is 0 Å². The number of hydrogen-bond donors (Lipinski definition) is 2. The summed E-state index contributed by atoms with van der Waals surface area (Å²) in [7, 11) is 3.35. The fraction of sp³-hybridized carbons (Fsp3) is 0.882. The van der Waals surface area contributed by atoms with Crippen molar-refractivity contribution in [3.05, 3.63) is 0 Å². The molecule has 1 atom stereocenters. The van der Waals surface area contributed by atoms with E-state index in [4.69, 9.17) is 14.2 Å². The number of amides is 1. The highest BCUT2D eigenvalue weighted by molar-refractivity contribution is 5.86. The zero-order valence-electron chi connectivity index (χ0n) is 15.5. The number of ether oxygens (including phenoxy) is 3. The van der Waals surface area contributed by atoms with Gasteiger partial charge in [-0.15, -0.1) is 0 Å². The van der Waals surface area contributed by atoms with E-state index in [1.165, 1.54) is 0 Å². The molecule has 0 aromatic rings. The standard InChI is InChI=1S/C17H32N4O4/c1-18-17(20-12-16(22)19-7-11-23-2)21-8-5-14(6-9-21)25-13-15-4-3-10-24-15/h14-15H,3-13H2,1-2H3,(H,18,20)(H,19,22). The monoisotopic (exact) mass is 356 g/mol. The molecular formula is C17H32N4O4. The van der Waals surface area contributed by atoms with Crippen LogP contribution in [0.3, 0.4) is 0 Å². The van der Waals surface area contributed by atoms with Crippen LogP contribution in [-0.2, 0) is 19.0 Å². The number of guanidine groups is 1. The van der Waals surface area contributed by atoms with E-state index in [9.17, 15) is 4.79 Å². The van der Waals surface area contributed by atoms with Gasteiger partial charge >= 0.3 is 0 Å². The normalized spacial score (nSPS) is 22.2. The highest BCUT2D eigenvalue weighted by Gasteiger charge is 2.24. The largest absolute Gasteiger partial charge is 0.383 e. The highest BCUT2D eigenvalue weighted by Crippen LogP contribution is 2.17. The second-order valence-electron chi connectivity index (χ2n) is 6.40. The van der Waals surface area contributed by atoms with Crippen molar-refractivity contribution in [3.8, 4) is 0 Å². The van der Waals surface area contributed by atoms with E-state index in [-0.39, 0.29) is 24.7 Å². The molecule has 144 valence electrons. The SMILES string of the molecule is CN=C(NCC(=O)NCCOC)N1CCC(OCC2CCCO2)CC1. The molecule has 2 aliphatic rings. The predicted molar refractivity (Wildman–Crippen MR) is 95.8 cm³/mol. The Bertz CT molecular complexity index is 419. The van der Waals surface area contributed by atoms with Crippen LogP contribution in [0.2, 0.25) is 0 Å². The van der Waals surface area contributed by atoms with Gasteiger partial charge in [0.2, 0.25) is 5.91 Å². The number of likely N-dealkylation sites (tertiary alicyclic amines) is 1. The molecule has 8 nitrogen and oxygen atoms in total. The lowest BCUT2D eigenvalue weighted by Crippen LogP contribution is -2.49. The molecule has 0 bridgehead atoms. The van der Waals surface area contributed by atoms with E-state index in [2.05, 4.69) is 20.5 Å². The molecule has 0 aromatic heterocycles. The molecule has 2 rings (SSSR count). The lowest BCUT2D eigenvalue weighted by atomic mass is 10.1. The number of carbonyl (C=O) groups excluding carboxylic acids is 1. The first-order valence-electron chi connectivity index (χ1n) is 9.17. The summed E-state index contributed by atoms with van der Waals surface area (Å²) in [5.41, 5.74) is 0. The van der Waals surface area contributed by atoms with E-state index in [1.807, 2.05) is 0 Å². The smallest absolute Gasteiger partial charge is 0.239 e. The summed E-state index contributed by atoms with van der Waals surface area (Å²) in [6, 6.07) is 0. The second-order valence-corrected chi connectivity index (χ2v) is 6.40. The Labute approximate surface area is 150 Å². The van der Waals surface area contributed by atoms with Crippen LogP contribution in [0.4, 0.5) is 0 Å². The average molecular weight is 356 g/mol. The van der Waals surface area contributed by atoms with Crippen LogP contribution < -0.4 is 10.6 Å². The number of carbonyl (C=O) groups is 1. The van der Waals surface area contributed by atoms with Gasteiger partial charge in [0.05, 0.1) is 32.0 Å². The summed E-state index contributed by atoms with van der Waals surface area (Å²) < 4.78 is 16.5. The van der Waals surface area contributed by atoms with Gasteiger partial charge in [-0.3, -0.25) is 9.79 Å². The van der Waals surface area contributed by atoms with Crippen LogP contribution >= 0.6 is 0 Å². The van der Waals surface area contributed by atoms with Gasteiger partial charge in [0.15, 0.2) is 5.96 Å². The Morgan fingerprint density at radius 3 is 2.72 bits per heavy atom. The molecule has 8 heteroatoms. The lowest BCUT2D eigenvalue weighted by molar-refractivity contribution is -0.120. The maximum Gasteiger partial charge on any atom is 0.239 e. The molecule has 2 N–H and O–H groups in total. The summed E-state index contributed by atoms with van der Waals surface area (Å²) in [5, 5.41) is 5.90. The Balaban J connectivity index is 1.62. The van der Waals surface area contributed by atoms with Crippen LogP contribution in [0.25, 0.3) is 0 Å². The second kappa shape index (κ2) is 11.3. The van der Waals surface area contributed by atoms with Crippen molar-refractivity contribution in [1.29, 1.82) is 0 Å². The van der Waals surface area contributed by atoms with Gasteiger partial charge in [0.1, 0.15) is 0 Å². The van der Waals surface area contributed by atoms with Gasteiger partial charge in [-0.05, 0) is 25.7 Å². The molecule has 0 radical (unpaired) electrons. The molecule has 25 heavy (non-hydrogen) atoms. The molecule has 1 unspecified atom stereocenters. The molecule has 2 aliphatic heterocycles. The van der Waals surface area contributed by atoms with Gasteiger partial charge < -0.3 is 29.7 Å². The van der Waals surface area contributed by atoms with Gasteiger partial charge in [-0.25, -0.2) is 0 Å². The Hall–Kier alpha value is -1.38. The number of aliphatic imine (C=N–C) groups is 1. The van der Waals surface area contributed by atoms with Crippen LogP contribution in [0.1, 0.15) is 25.7 Å². The van der Waals surface area contributed by atoms with E-state index in [0.29, 0.717) is 19.8 Å². The number of nitrogens with one attached hydrogen (secondary N) is 2. The lowest BCUT2D eigenvalue weighted by Gasteiger charge is -2.34. The van der Waals surface area contributed by atoms with Crippen LogP contribution in [0.5, 0.6) is 0 Å². The molecule has 2 heterocycles. The number of hydrogen-bond acceptors (Lipinski definition) is 5. The van der Waals surface area contributed by atoms with Crippen molar-refractivity contribution in [2.75, 3.05) is 60.2 Å². The zero-order chi connectivity index (χ0) is 17.9. The fourth-order valence-corrected chi connectivity index (χ4v) is 3.10. The summed E-state index contributed by atoms with van der Waals surface area (Å²) in [5.74, 6) is 0.701. The van der Waals surface area contributed by atoms with E-state index >= 15 is 0 Å². The number of nitrogens with zero attached hydrogens (tertiary/aromatic N) is 2. The fourth-order valence-electron chi connectivity index (χ4n) is 3.10. The van der Waals surface area contributed by atoms with Gasteiger partial charge in [0.25, 0.3) is 0 Å². The third kappa shape index (κ3) is 7.17. The van der Waals surface area contributed by atoms with Crippen molar-refractivity contribution >= 4 is 11.9 Å². The van der Waals surface area contributed by atoms with E-state index < -0.39 is 0 Å². The topological polar surface area (TPSA) is 84.4 Å². The quantitative estimate of drug-likeness (QED) is 0.361. The third-order valence-electron chi connectivity index (χ3n) is 4.53. The third-order valence-corrected chi connectivity index (χ3v) is 4.53. The minimum absolute atomic E-state index is 0.0621. The highest BCUT2D eigenvalue weighted by atomic mass is 16.5. The maximum atomic E-state index is 11.7. The van der Waals surface area contributed by atoms with Crippen LogP contribution in [0.15, 0.2) is 4.99 Å². The molecule has 2 saturated heterocycles. The first-order valence-corrected chi connectivity index (χ1v) is 9.17. The molecular weight excluding hydrogens is 324 g/mol. The summed E-state index contributed by atoms with van der Waals surface area (Å²) in [6.45, 7) is 4.57. The van der Waals surface area contributed by atoms with Crippen molar-refractivity contribution in [3.63, 3.8) is 0 Å². The van der Waals surface area contributed by atoms with Crippen LogP contribution in [-0.4, -0.2) is 89.1 Å². The summed E-state index contributed by atoms with van der Waals surface area (Å²) >= 11 is 0. The van der Waals surface area contributed by atoms with Crippen molar-refractivity contribution in [2.24, 2.45) is 4.99 Å². The Kier molecular flexibility index (Phi) is 8.99. The summed E-state index contributed by atoms with van der Waals surface area (Å²) in [4.78, 5) is 18.2. The molecule has 0 aromatic carbocycles. The molecule has 0 saturated carbocycles. The first kappa shape index (κ1) is 19.9. The minimum atomic E-state index is -0.0621.